The summed E-state index contributed by atoms with van der Waals surface area (Å²) >= 11 is 5.94. The van der Waals surface area contributed by atoms with E-state index >= 15 is 0 Å². The van der Waals surface area contributed by atoms with Gasteiger partial charge in [0.25, 0.3) is 0 Å². The second-order valence-corrected chi connectivity index (χ2v) is 10.6. The number of aromatic nitrogens is 4. The second-order valence-electron chi connectivity index (χ2n) is 8.29. The molecule has 0 N–H and O–H groups in total. The monoisotopic (exact) mass is 548 g/mol. The predicted molar refractivity (Wildman–Crippen MR) is 132 cm³/mol. The zero-order chi connectivity index (χ0) is 26.2. The predicted octanol–water partition coefficient (Wildman–Crippen LogP) is 4.51. The van der Waals surface area contributed by atoms with Crippen LogP contribution in [0.2, 0.25) is 5.02 Å². The third kappa shape index (κ3) is 5.17. The SMILES string of the molecule is O=S(=O)(c1ccc(C(F)(F)F)cc1Cl)N1CCN(c2nccc(-c3ccc(-n4ccnc4)cc3)n2)CC1. The lowest BCUT2D eigenvalue weighted by atomic mass is 10.1. The number of alkyl halides is 3. The van der Waals surface area contributed by atoms with Crippen molar-refractivity contribution in [2.75, 3.05) is 31.1 Å². The summed E-state index contributed by atoms with van der Waals surface area (Å²) in [4.78, 5) is 14.6. The maximum Gasteiger partial charge on any atom is 0.416 e. The molecule has 3 heterocycles. The molecular weight excluding hydrogens is 529 g/mol. The van der Waals surface area contributed by atoms with Crippen molar-refractivity contribution in [2.45, 2.75) is 11.1 Å². The number of rotatable bonds is 5. The molecule has 0 bridgehead atoms. The molecule has 5 rings (SSSR count). The molecule has 0 atom stereocenters. The van der Waals surface area contributed by atoms with Crippen molar-refractivity contribution >= 4 is 27.6 Å². The van der Waals surface area contributed by atoms with Crippen LogP contribution in [0, 0.1) is 0 Å². The van der Waals surface area contributed by atoms with E-state index in [0.717, 1.165) is 23.4 Å². The van der Waals surface area contributed by atoms with E-state index < -0.39 is 26.8 Å². The van der Waals surface area contributed by atoms with Gasteiger partial charge >= 0.3 is 6.18 Å². The number of benzene rings is 2. The van der Waals surface area contributed by atoms with Gasteiger partial charge in [0.05, 0.1) is 22.6 Å². The van der Waals surface area contributed by atoms with E-state index in [-0.39, 0.29) is 18.0 Å². The first-order valence-corrected chi connectivity index (χ1v) is 13.0. The van der Waals surface area contributed by atoms with Gasteiger partial charge < -0.3 is 9.47 Å². The number of imidazole rings is 1. The maximum atomic E-state index is 13.1. The lowest BCUT2D eigenvalue weighted by Crippen LogP contribution is -2.49. The van der Waals surface area contributed by atoms with Crippen LogP contribution in [0.1, 0.15) is 5.56 Å². The van der Waals surface area contributed by atoms with Gasteiger partial charge in [-0.2, -0.15) is 17.5 Å². The number of halogens is 4. The van der Waals surface area contributed by atoms with E-state index in [0.29, 0.717) is 30.8 Å². The van der Waals surface area contributed by atoms with Crippen LogP contribution in [0.3, 0.4) is 0 Å². The van der Waals surface area contributed by atoms with Crippen LogP contribution in [0.25, 0.3) is 16.9 Å². The first-order valence-electron chi connectivity index (χ1n) is 11.2. The molecule has 1 aliphatic heterocycles. The molecule has 4 aromatic rings. The Morgan fingerprint density at radius 1 is 0.919 bits per heavy atom. The molecule has 37 heavy (non-hydrogen) atoms. The lowest BCUT2D eigenvalue weighted by molar-refractivity contribution is -0.137. The summed E-state index contributed by atoms with van der Waals surface area (Å²) in [6.45, 7) is 0.820. The summed E-state index contributed by atoms with van der Waals surface area (Å²) in [5.41, 5.74) is 1.56. The Hall–Kier alpha value is -3.48. The molecule has 13 heteroatoms. The number of hydrogen-bond donors (Lipinski definition) is 0. The van der Waals surface area contributed by atoms with E-state index in [9.17, 15) is 21.6 Å². The van der Waals surface area contributed by atoms with Crippen LogP contribution in [-0.2, 0) is 16.2 Å². The number of anilines is 1. The van der Waals surface area contributed by atoms with Gasteiger partial charge in [0.1, 0.15) is 4.90 Å². The minimum absolute atomic E-state index is 0.104. The molecule has 0 saturated carbocycles. The molecule has 2 aromatic heterocycles. The summed E-state index contributed by atoms with van der Waals surface area (Å²) < 4.78 is 68.0. The Morgan fingerprint density at radius 3 is 2.27 bits per heavy atom. The molecule has 0 unspecified atom stereocenters. The van der Waals surface area contributed by atoms with E-state index in [1.807, 2.05) is 39.9 Å². The number of hydrogen-bond acceptors (Lipinski definition) is 6. The summed E-state index contributed by atoms with van der Waals surface area (Å²) in [6.07, 6.45) is 2.29. The highest BCUT2D eigenvalue weighted by Crippen LogP contribution is 2.34. The minimum Gasteiger partial charge on any atom is -0.338 e. The Bertz CT molecular complexity index is 1500. The van der Waals surface area contributed by atoms with Gasteiger partial charge in [-0.15, -0.1) is 0 Å². The number of sulfonamides is 1. The van der Waals surface area contributed by atoms with Crippen LogP contribution >= 0.6 is 11.6 Å². The van der Waals surface area contributed by atoms with E-state index in [4.69, 9.17) is 11.6 Å². The van der Waals surface area contributed by atoms with Gasteiger partial charge in [0.15, 0.2) is 0 Å². The third-order valence-corrected chi connectivity index (χ3v) is 8.39. The molecule has 2 aromatic carbocycles. The molecule has 1 aliphatic rings. The van der Waals surface area contributed by atoms with Crippen molar-refractivity contribution in [3.05, 3.63) is 84.0 Å². The molecule has 0 amide bonds. The van der Waals surface area contributed by atoms with E-state index in [1.54, 1.807) is 24.8 Å². The van der Waals surface area contributed by atoms with Gasteiger partial charge in [-0.1, -0.05) is 23.7 Å². The molecular formula is C24H20ClF3N6O2S. The summed E-state index contributed by atoms with van der Waals surface area (Å²) in [5, 5.41) is -0.465. The Labute approximate surface area is 216 Å². The second kappa shape index (κ2) is 9.77. The van der Waals surface area contributed by atoms with Crippen molar-refractivity contribution in [2.24, 2.45) is 0 Å². The van der Waals surface area contributed by atoms with Crippen molar-refractivity contribution in [3.8, 4) is 16.9 Å². The van der Waals surface area contributed by atoms with Crippen molar-refractivity contribution < 1.29 is 21.6 Å². The zero-order valence-corrected chi connectivity index (χ0v) is 20.7. The maximum absolute atomic E-state index is 13.1. The third-order valence-electron chi connectivity index (χ3n) is 6.01. The van der Waals surface area contributed by atoms with E-state index in [1.165, 1.54) is 4.31 Å². The van der Waals surface area contributed by atoms with Gasteiger partial charge in [-0.3, -0.25) is 0 Å². The summed E-state index contributed by atoms with van der Waals surface area (Å²) in [5.74, 6) is 0.459. The largest absolute Gasteiger partial charge is 0.416 e. The number of piperazine rings is 1. The summed E-state index contributed by atoms with van der Waals surface area (Å²) in [7, 11) is -4.07. The molecule has 1 saturated heterocycles. The normalized spacial score (nSPS) is 15.2. The van der Waals surface area contributed by atoms with Gasteiger partial charge in [-0.25, -0.2) is 23.4 Å². The fourth-order valence-corrected chi connectivity index (χ4v) is 5.97. The van der Waals surface area contributed by atoms with Crippen LogP contribution in [0.4, 0.5) is 19.1 Å². The topological polar surface area (TPSA) is 84.2 Å². The number of nitrogens with zero attached hydrogens (tertiary/aromatic N) is 6. The smallest absolute Gasteiger partial charge is 0.338 e. The average Bonchev–Trinajstić information content (AvgIpc) is 3.43. The molecule has 0 radical (unpaired) electrons. The quantitative estimate of drug-likeness (QED) is 0.365. The highest BCUT2D eigenvalue weighted by molar-refractivity contribution is 7.89. The Balaban J connectivity index is 1.29. The fourth-order valence-electron chi connectivity index (χ4n) is 4.03. The fraction of sp³-hybridized carbons (Fsp3) is 0.208. The van der Waals surface area contributed by atoms with Crippen LogP contribution < -0.4 is 4.90 Å². The Morgan fingerprint density at radius 2 is 1.65 bits per heavy atom. The lowest BCUT2D eigenvalue weighted by Gasteiger charge is -2.34. The highest BCUT2D eigenvalue weighted by Gasteiger charge is 2.34. The van der Waals surface area contributed by atoms with Crippen LogP contribution in [-0.4, -0.2) is 58.4 Å². The van der Waals surface area contributed by atoms with Crippen LogP contribution in [0.15, 0.2) is 78.3 Å². The molecule has 0 aliphatic carbocycles. The first kappa shape index (κ1) is 25.2. The highest BCUT2D eigenvalue weighted by atomic mass is 35.5. The summed E-state index contributed by atoms with van der Waals surface area (Å²) in [6, 6.07) is 11.8. The van der Waals surface area contributed by atoms with Crippen LogP contribution in [0.5, 0.6) is 0 Å². The van der Waals surface area contributed by atoms with Gasteiger partial charge in [0.2, 0.25) is 16.0 Å². The minimum atomic E-state index is -4.62. The van der Waals surface area contributed by atoms with Crippen molar-refractivity contribution in [1.82, 2.24) is 23.8 Å². The molecule has 8 nitrogen and oxygen atoms in total. The first-order chi connectivity index (χ1) is 17.6. The van der Waals surface area contributed by atoms with Gasteiger partial charge in [0, 0.05) is 56.0 Å². The molecule has 0 spiro atoms. The van der Waals surface area contributed by atoms with Gasteiger partial charge in [-0.05, 0) is 36.4 Å². The average molecular weight is 549 g/mol. The molecule has 1 fully saturated rings. The standard InChI is InChI=1S/C24H20ClF3N6O2S/c25-20-15-18(24(26,27)28)3-6-22(20)37(35,36)34-13-11-32(12-14-34)23-30-8-7-21(31-23)17-1-4-19(5-2-17)33-10-9-29-16-33/h1-10,15-16H,11-14H2. The van der Waals surface area contributed by atoms with Crippen molar-refractivity contribution in [1.29, 1.82) is 0 Å². The zero-order valence-electron chi connectivity index (χ0n) is 19.2. The van der Waals surface area contributed by atoms with Crippen molar-refractivity contribution in [3.63, 3.8) is 0 Å². The van der Waals surface area contributed by atoms with E-state index in [2.05, 4.69) is 15.0 Å². The Kier molecular flexibility index (Phi) is 6.65. The molecule has 192 valence electrons.